The van der Waals surface area contributed by atoms with E-state index in [2.05, 4.69) is 64.0 Å². The van der Waals surface area contributed by atoms with Crippen molar-refractivity contribution in [2.24, 2.45) is 5.92 Å². The molecule has 1 atom stereocenters. The van der Waals surface area contributed by atoms with E-state index in [9.17, 15) is 0 Å². The van der Waals surface area contributed by atoms with Crippen LogP contribution in [0.4, 0.5) is 0 Å². The normalized spacial score (nSPS) is 29.4. The van der Waals surface area contributed by atoms with Gasteiger partial charge >= 0.3 is 0 Å². The SMILES string of the molecule is CC1(C2CC2)CNCCN1Cc1ccc(I)cc1. The molecule has 1 heterocycles. The molecule has 0 spiro atoms. The van der Waals surface area contributed by atoms with Crippen molar-refractivity contribution >= 4 is 22.6 Å². The van der Waals surface area contributed by atoms with Gasteiger partial charge < -0.3 is 5.32 Å². The molecule has 3 rings (SSSR count). The van der Waals surface area contributed by atoms with Crippen LogP contribution in [0.1, 0.15) is 25.3 Å². The van der Waals surface area contributed by atoms with Crippen molar-refractivity contribution in [3.63, 3.8) is 0 Å². The van der Waals surface area contributed by atoms with Gasteiger partial charge in [0, 0.05) is 35.3 Å². The van der Waals surface area contributed by atoms with E-state index in [0.29, 0.717) is 5.54 Å². The van der Waals surface area contributed by atoms with Crippen molar-refractivity contribution < 1.29 is 0 Å². The molecule has 98 valence electrons. The summed E-state index contributed by atoms with van der Waals surface area (Å²) in [5.41, 5.74) is 1.82. The smallest absolute Gasteiger partial charge is 0.0337 e. The summed E-state index contributed by atoms with van der Waals surface area (Å²) in [7, 11) is 0. The predicted molar refractivity (Wildman–Crippen MR) is 83.6 cm³/mol. The molecule has 1 unspecified atom stereocenters. The van der Waals surface area contributed by atoms with E-state index in [1.165, 1.54) is 28.5 Å². The molecule has 18 heavy (non-hydrogen) atoms. The highest BCUT2D eigenvalue weighted by Crippen LogP contribution is 2.43. The second-order valence-corrected chi connectivity index (χ2v) is 7.10. The number of nitrogens with one attached hydrogen (secondary N) is 1. The van der Waals surface area contributed by atoms with Gasteiger partial charge in [0.25, 0.3) is 0 Å². The third kappa shape index (κ3) is 2.58. The Balaban J connectivity index is 1.75. The van der Waals surface area contributed by atoms with Crippen molar-refractivity contribution in [1.29, 1.82) is 0 Å². The fraction of sp³-hybridized carbons (Fsp3) is 0.600. The Morgan fingerprint density at radius 2 is 2.06 bits per heavy atom. The maximum atomic E-state index is 3.58. The van der Waals surface area contributed by atoms with Crippen LogP contribution in [0, 0.1) is 9.49 Å². The molecule has 1 aromatic rings. The Labute approximate surface area is 123 Å². The van der Waals surface area contributed by atoms with E-state index in [4.69, 9.17) is 0 Å². The Morgan fingerprint density at radius 3 is 2.72 bits per heavy atom. The molecule has 1 saturated heterocycles. The number of benzene rings is 1. The van der Waals surface area contributed by atoms with E-state index < -0.39 is 0 Å². The fourth-order valence-corrected chi connectivity index (χ4v) is 3.46. The van der Waals surface area contributed by atoms with Gasteiger partial charge in [-0.25, -0.2) is 0 Å². The molecule has 1 aromatic carbocycles. The highest BCUT2D eigenvalue weighted by Gasteiger charge is 2.46. The number of nitrogens with zero attached hydrogens (tertiary/aromatic N) is 1. The molecule has 2 aliphatic rings. The number of rotatable bonds is 3. The van der Waals surface area contributed by atoms with E-state index in [0.717, 1.165) is 25.6 Å². The van der Waals surface area contributed by atoms with Crippen LogP contribution < -0.4 is 5.32 Å². The van der Waals surface area contributed by atoms with Crippen molar-refractivity contribution in [3.8, 4) is 0 Å². The molecule has 1 N–H and O–H groups in total. The first-order valence-corrected chi connectivity index (χ1v) is 7.96. The van der Waals surface area contributed by atoms with Crippen molar-refractivity contribution in [3.05, 3.63) is 33.4 Å². The van der Waals surface area contributed by atoms with Crippen molar-refractivity contribution in [1.82, 2.24) is 10.2 Å². The molecule has 2 fully saturated rings. The van der Waals surface area contributed by atoms with Crippen LogP contribution in [-0.2, 0) is 6.54 Å². The monoisotopic (exact) mass is 356 g/mol. The van der Waals surface area contributed by atoms with E-state index in [1.54, 1.807) is 0 Å². The van der Waals surface area contributed by atoms with Crippen LogP contribution in [0.2, 0.25) is 0 Å². The third-order valence-corrected chi connectivity index (χ3v) is 5.23. The Hall–Kier alpha value is -0.130. The lowest BCUT2D eigenvalue weighted by Crippen LogP contribution is -2.60. The minimum absolute atomic E-state index is 0.376. The van der Waals surface area contributed by atoms with Gasteiger partial charge in [-0.2, -0.15) is 0 Å². The molecule has 1 saturated carbocycles. The number of piperazine rings is 1. The predicted octanol–water partition coefficient (Wildman–Crippen LogP) is 2.87. The maximum absolute atomic E-state index is 3.58. The summed E-state index contributed by atoms with van der Waals surface area (Å²) in [6, 6.07) is 8.98. The number of hydrogen-bond donors (Lipinski definition) is 1. The zero-order valence-electron chi connectivity index (χ0n) is 11.0. The van der Waals surface area contributed by atoms with Gasteiger partial charge in [-0.3, -0.25) is 4.90 Å². The van der Waals surface area contributed by atoms with Crippen LogP contribution >= 0.6 is 22.6 Å². The lowest BCUT2D eigenvalue weighted by atomic mass is 9.90. The molecular weight excluding hydrogens is 335 g/mol. The van der Waals surface area contributed by atoms with E-state index in [1.807, 2.05) is 0 Å². The van der Waals surface area contributed by atoms with Gasteiger partial charge in [-0.1, -0.05) is 12.1 Å². The number of halogens is 1. The zero-order chi connectivity index (χ0) is 12.6. The molecule has 2 nitrogen and oxygen atoms in total. The topological polar surface area (TPSA) is 15.3 Å². The summed E-state index contributed by atoms with van der Waals surface area (Å²) >= 11 is 2.37. The van der Waals surface area contributed by atoms with Crippen LogP contribution in [-0.4, -0.2) is 30.1 Å². The lowest BCUT2D eigenvalue weighted by Gasteiger charge is -2.46. The Kier molecular flexibility index (Phi) is 3.65. The van der Waals surface area contributed by atoms with Gasteiger partial charge in [-0.05, 0) is 66.0 Å². The summed E-state index contributed by atoms with van der Waals surface area (Å²) in [5, 5.41) is 3.58. The summed E-state index contributed by atoms with van der Waals surface area (Å²) in [5.74, 6) is 0.911. The molecule has 0 radical (unpaired) electrons. The number of hydrogen-bond acceptors (Lipinski definition) is 2. The van der Waals surface area contributed by atoms with E-state index >= 15 is 0 Å². The van der Waals surface area contributed by atoms with Gasteiger partial charge in [0.05, 0.1) is 0 Å². The van der Waals surface area contributed by atoms with Gasteiger partial charge in [0.15, 0.2) is 0 Å². The average Bonchev–Trinajstić information content (AvgIpc) is 3.19. The first-order chi connectivity index (χ1) is 8.68. The highest BCUT2D eigenvalue weighted by molar-refractivity contribution is 14.1. The largest absolute Gasteiger partial charge is 0.314 e. The van der Waals surface area contributed by atoms with Crippen LogP contribution in [0.15, 0.2) is 24.3 Å². The molecule has 0 amide bonds. The molecular formula is C15H21IN2. The molecule has 1 aliphatic carbocycles. The zero-order valence-corrected chi connectivity index (χ0v) is 13.1. The molecule has 3 heteroatoms. The molecule has 1 aliphatic heterocycles. The van der Waals surface area contributed by atoms with Gasteiger partial charge in [-0.15, -0.1) is 0 Å². The first-order valence-electron chi connectivity index (χ1n) is 6.89. The summed E-state index contributed by atoms with van der Waals surface area (Å²) < 4.78 is 1.32. The lowest BCUT2D eigenvalue weighted by molar-refractivity contribution is 0.0484. The minimum Gasteiger partial charge on any atom is -0.314 e. The Bertz CT molecular complexity index is 413. The van der Waals surface area contributed by atoms with Crippen molar-refractivity contribution in [2.45, 2.75) is 31.8 Å². The quantitative estimate of drug-likeness (QED) is 0.838. The minimum atomic E-state index is 0.376. The highest BCUT2D eigenvalue weighted by atomic mass is 127. The summed E-state index contributed by atoms with van der Waals surface area (Å²) in [6.45, 7) is 7.02. The van der Waals surface area contributed by atoms with E-state index in [-0.39, 0.29) is 0 Å². The second-order valence-electron chi connectivity index (χ2n) is 5.86. The molecule has 0 bridgehead atoms. The second kappa shape index (κ2) is 5.10. The van der Waals surface area contributed by atoms with Gasteiger partial charge in [0.1, 0.15) is 0 Å². The van der Waals surface area contributed by atoms with Crippen LogP contribution in [0.25, 0.3) is 0 Å². The average molecular weight is 356 g/mol. The van der Waals surface area contributed by atoms with Crippen LogP contribution in [0.3, 0.4) is 0 Å². The maximum Gasteiger partial charge on any atom is 0.0337 e. The van der Waals surface area contributed by atoms with Crippen molar-refractivity contribution in [2.75, 3.05) is 19.6 Å². The standard InChI is InChI=1S/C15H21IN2/c1-15(13-4-5-13)11-17-8-9-18(15)10-12-2-6-14(16)7-3-12/h2-3,6-7,13,17H,4-5,8-11H2,1H3. The van der Waals surface area contributed by atoms with Gasteiger partial charge in [0.2, 0.25) is 0 Å². The first kappa shape index (κ1) is 12.9. The van der Waals surface area contributed by atoms with Crippen LogP contribution in [0.5, 0.6) is 0 Å². The molecule has 0 aromatic heterocycles. The summed E-state index contributed by atoms with van der Waals surface area (Å²) in [4.78, 5) is 2.70. The summed E-state index contributed by atoms with van der Waals surface area (Å²) in [6.07, 6.45) is 2.84. The Morgan fingerprint density at radius 1 is 1.33 bits per heavy atom. The fourth-order valence-electron chi connectivity index (χ4n) is 3.10. The third-order valence-electron chi connectivity index (χ3n) is 4.51.